The van der Waals surface area contributed by atoms with Crippen LogP contribution in [0.1, 0.15) is 31.4 Å². The third-order valence-electron chi connectivity index (χ3n) is 4.48. The summed E-state index contributed by atoms with van der Waals surface area (Å²) in [7, 11) is 0. The van der Waals surface area contributed by atoms with Gasteiger partial charge in [-0.25, -0.2) is 0 Å². The van der Waals surface area contributed by atoms with E-state index in [9.17, 15) is 19.7 Å². The second kappa shape index (κ2) is 10.1. The van der Waals surface area contributed by atoms with Crippen LogP contribution in [0.4, 0.5) is 5.69 Å². The molecule has 0 bridgehead atoms. The van der Waals surface area contributed by atoms with E-state index in [1.54, 1.807) is 18.2 Å². The Labute approximate surface area is 192 Å². The number of thiocarbonyl (C=S) groups is 1. The number of furan rings is 1. The second-order valence-corrected chi connectivity index (χ2v) is 8.74. The van der Waals surface area contributed by atoms with Crippen LogP contribution in [0.15, 0.2) is 39.7 Å². The molecule has 0 atom stereocenters. The van der Waals surface area contributed by atoms with E-state index in [0.717, 1.165) is 0 Å². The average molecular weight is 481 g/mol. The van der Waals surface area contributed by atoms with E-state index in [0.29, 0.717) is 52.1 Å². The van der Waals surface area contributed by atoms with Gasteiger partial charge in [0.05, 0.1) is 14.9 Å². The maximum Gasteiger partial charge on any atom is 0.303 e. The van der Waals surface area contributed by atoms with Gasteiger partial charge in [-0.05, 0) is 31.0 Å². The number of non-ortho nitro benzene ring substituents is 1. The van der Waals surface area contributed by atoms with Crippen LogP contribution in [0.5, 0.6) is 0 Å². The number of hydrogen-bond donors (Lipinski definition) is 1. The molecule has 1 aliphatic rings. The standard InChI is InChI=1S/C20H17ClN2O6S2/c21-15-10-12(23(27)28)5-7-14(15)16-8-6-13(29-16)11-17-19(26)22(20(30)31-17)9-3-1-2-4-18(24)25/h5-8,10-11H,1-4,9H2,(H,24,25). The van der Waals surface area contributed by atoms with Gasteiger partial charge in [0.1, 0.15) is 15.8 Å². The Bertz CT molecular complexity index is 1080. The Balaban J connectivity index is 1.67. The Morgan fingerprint density at radius 3 is 2.74 bits per heavy atom. The van der Waals surface area contributed by atoms with Gasteiger partial charge >= 0.3 is 5.97 Å². The molecule has 1 aromatic carbocycles. The molecular weight excluding hydrogens is 464 g/mol. The molecule has 1 N–H and O–H groups in total. The number of rotatable bonds is 9. The van der Waals surface area contributed by atoms with Crippen molar-refractivity contribution in [2.45, 2.75) is 25.7 Å². The van der Waals surface area contributed by atoms with E-state index in [4.69, 9.17) is 33.3 Å². The van der Waals surface area contributed by atoms with E-state index in [2.05, 4.69) is 0 Å². The normalized spacial score (nSPS) is 15.1. The van der Waals surface area contributed by atoms with Crippen LogP contribution in [-0.2, 0) is 9.59 Å². The molecule has 0 spiro atoms. The van der Waals surface area contributed by atoms with Crippen LogP contribution in [0.3, 0.4) is 0 Å². The predicted octanol–water partition coefficient (Wildman–Crippen LogP) is 5.35. The van der Waals surface area contributed by atoms with Gasteiger partial charge in [0.25, 0.3) is 11.6 Å². The van der Waals surface area contributed by atoms with Crippen molar-refractivity contribution < 1.29 is 24.0 Å². The lowest BCUT2D eigenvalue weighted by atomic mass is 10.1. The average Bonchev–Trinajstić information content (AvgIpc) is 3.27. The number of amides is 1. The maximum absolute atomic E-state index is 12.7. The first-order valence-corrected chi connectivity index (χ1v) is 10.9. The summed E-state index contributed by atoms with van der Waals surface area (Å²) >= 11 is 12.6. The molecule has 8 nitrogen and oxygen atoms in total. The van der Waals surface area contributed by atoms with E-state index < -0.39 is 10.9 Å². The second-order valence-electron chi connectivity index (χ2n) is 6.66. The summed E-state index contributed by atoms with van der Waals surface area (Å²) in [5.74, 6) is -0.215. The maximum atomic E-state index is 12.7. The number of carbonyl (C=O) groups excluding carboxylic acids is 1. The van der Waals surface area contributed by atoms with Gasteiger partial charge in [0.15, 0.2) is 0 Å². The van der Waals surface area contributed by atoms with Gasteiger partial charge in [-0.15, -0.1) is 0 Å². The van der Waals surface area contributed by atoms with Crippen LogP contribution in [0.2, 0.25) is 5.02 Å². The number of hydrogen-bond acceptors (Lipinski definition) is 7. The summed E-state index contributed by atoms with van der Waals surface area (Å²) in [6, 6.07) is 7.44. The number of nitro benzene ring substituents is 1. The lowest BCUT2D eigenvalue weighted by Gasteiger charge is -2.13. The quantitative estimate of drug-likeness (QED) is 0.168. The zero-order chi connectivity index (χ0) is 22.5. The molecule has 1 fully saturated rings. The summed E-state index contributed by atoms with van der Waals surface area (Å²) in [5.41, 5.74) is 0.382. The van der Waals surface area contributed by atoms with Gasteiger partial charge in [-0.3, -0.25) is 24.6 Å². The lowest BCUT2D eigenvalue weighted by molar-refractivity contribution is -0.384. The molecule has 1 aromatic heterocycles. The summed E-state index contributed by atoms with van der Waals surface area (Å²) in [5, 5.41) is 19.7. The molecule has 0 aliphatic carbocycles. The molecule has 1 saturated heterocycles. The van der Waals surface area contributed by atoms with Crippen molar-refractivity contribution in [3.05, 3.63) is 56.1 Å². The largest absolute Gasteiger partial charge is 0.481 e. The number of carboxylic acids is 1. The number of carbonyl (C=O) groups is 2. The third kappa shape index (κ3) is 5.72. The minimum atomic E-state index is -0.832. The lowest BCUT2D eigenvalue weighted by Crippen LogP contribution is -2.29. The number of benzene rings is 1. The van der Waals surface area contributed by atoms with Gasteiger partial charge in [0, 0.05) is 36.7 Å². The summed E-state index contributed by atoms with van der Waals surface area (Å²) in [4.78, 5) is 35.5. The first kappa shape index (κ1) is 23.0. The third-order valence-corrected chi connectivity index (χ3v) is 6.17. The smallest absolute Gasteiger partial charge is 0.303 e. The number of nitro groups is 1. The van der Waals surface area contributed by atoms with Crippen molar-refractivity contribution >= 4 is 63.5 Å². The fourth-order valence-corrected chi connectivity index (χ4v) is 4.49. The molecule has 31 heavy (non-hydrogen) atoms. The van der Waals surface area contributed by atoms with Crippen molar-refractivity contribution in [3.63, 3.8) is 0 Å². The highest BCUT2D eigenvalue weighted by Crippen LogP contribution is 2.35. The van der Waals surface area contributed by atoms with Gasteiger partial charge in [0.2, 0.25) is 0 Å². The molecule has 0 saturated carbocycles. The molecule has 1 amide bonds. The highest BCUT2D eigenvalue weighted by Gasteiger charge is 2.31. The van der Waals surface area contributed by atoms with E-state index >= 15 is 0 Å². The Hall–Kier alpha value is -2.69. The molecule has 1 aliphatic heterocycles. The Kier molecular flexibility index (Phi) is 7.47. The van der Waals surface area contributed by atoms with Crippen molar-refractivity contribution in [1.82, 2.24) is 4.90 Å². The molecule has 2 aromatic rings. The van der Waals surface area contributed by atoms with Crippen LogP contribution in [0.25, 0.3) is 17.4 Å². The zero-order valence-corrected chi connectivity index (χ0v) is 18.5. The van der Waals surface area contributed by atoms with Crippen LogP contribution in [-0.4, -0.2) is 37.7 Å². The molecule has 162 valence electrons. The summed E-state index contributed by atoms with van der Waals surface area (Å²) in [6.45, 7) is 0.434. The SMILES string of the molecule is O=C(O)CCCCCN1C(=O)C(=Cc2ccc(-c3ccc([N+](=O)[O-])cc3Cl)o2)SC1=S. The van der Waals surface area contributed by atoms with Crippen molar-refractivity contribution in [2.24, 2.45) is 0 Å². The molecular formula is C20H17ClN2O6S2. The topological polar surface area (TPSA) is 114 Å². The predicted molar refractivity (Wildman–Crippen MR) is 122 cm³/mol. The van der Waals surface area contributed by atoms with Crippen molar-refractivity contribution in [1.29, 1.82) is 0 Å². The van der Waals surface area contributed by atoms with Crippen LogP contribution in [0, 0.1) is 10.1 Å². The number of unbranched alkanes of at least 4 members (excludes halogenated alkanes) is 2. The van der Waals surface area contributed by atoms with Crippen LogP contribution >= 0.6 is 35.6 Å². The van der Waals surface area contributed by atoms with Crippen LogP contribution < -0.4 is 0 Å². The molecule has 3 rings (SSSR count). The van der Waals surface area contributed by atoms with Gasteiger partial charge in [-0.1, -0.05) is 42.0 Å². The van der Waals surface area contributed by atoms with E-state index in [-0.39, 0.29) is 23.0 Å². The van der Waals surface area contributed by atoms with Crippen molar-refractivity contribution in [2.75, 3.05) is 6.54 Å². The molecule has 11 heteroatoms. The number of thioether (sulfide) groups is 1. The fraction of sp³-hybridized carbons (Fsp3) is 0.250. The Morgan fingerprint density at radius 2 is 2.06 bits per heavy atom. The summed E-state index contributed by atoms with van der Waals surface area (Å²) < 4.78 is 6.20. The van der Waals surface area contributed by atoms with Gasteiger partial charge in [-0.2, -0.15) is 0 Å². The molecule has 0 radical (unpaired) electrons. The van der Waals surface area contributed by atoms with Crippen molar-refractivity contribution in [3.8, 4) is 11.3 Å². The number of nitrogens with zero attached hydrogens (tertiary/aromatic N) is 2. The highest BCUT2D eigenvalue weighted by atomic mass is 35.5. The summed E-state index contributed by atoms with van der Waals surface area (Å²) in [6.07, 6.45) is 3.61. The number of carboxylic acid groups (broad SMARTS) is 1. The number of halogens is 1. The Morgan fingerprint density at radius 1 is 1.29 bits per heavy atom. The van der Waals surface area contributed by atoms with E-state index in [1.165, 1.54) is 34.9 Å². The first-order valence-electron chi connectivity index (χ1n) is 9.27. The van der Waals surface area contributed by atoms with E-state index in [1.807, 2.05) is 0 Å². The monoisotopic (exact) mass is 480 g/mol. The highest BCUT2D eigenvalue weighted by molar-refractivity contribution is 8.26. The number of aliphatic carboxylic acids is 1. The zero-order valence-electron chi connectivity index (χ0n) is 16.1. The minimum absolute atomic E-state index is 0.109. The first-order chi connectivity index (χ1) is 14.8. The van der Waals surface area contributed by atoms with Gasteiger partial charge < -0.3 is 9.52 Å². The fourth-order valence-electron chi connectivity index (χ4n) is 2.94. The molecule has 2 heterocycles. The minimum Gasteiger partial charge on any atom is -0.481 e. The molecule has 0 unspecified atom stereocenters.